The van der Waals surface area contributed by atoms with E-state index in [4.69, 9.17) is 0 Å². The molecule has 2 aliphatic heterocycles. The molecule has 0 radical (unpaired) electrons. The van der Waals surface area contributed by atoms with Crippen molar-refractivity contribution in [2.24, 2.45) is 5.92 Å². The molecule has 2 aliphatic rings. The van der Waals surface area contributed by atoms with Crippen LogP contribution in [0.5, 0.6) is 0 Å². The van der Waals surface area contributed by atoms with Crippen molar-refractivity contribution in [2.45, 2.75) is 44.7 Å². The first-order valence-electron chi connectivity index (χ1n) is 10.1. The Kier molecular flexibility index (Phi) is 7.10. The smallest absolute Gasteiger partial charge is 0.317 e. The van der Waals surface area contributed by atoms with Crippen LogP contribution in [0.25, 0.3) is 0 Å². The summed E-state index contributed by atoms with van der Waals surface area (Å²) in [6, 6.07) is 5.57. The van der Waals surface area contributed by atoms with Crippen LogP contribution in [0.2, 0.25) is 0 Å². The van der Waals surface area contributed by atoms with Gasteiger partial charge in [-0.3, -0.25) is 4.79 Å². The van der Waals surface area contributed by atoms with Gasteiger partial charge in [0.15, 0.2) is 9.84 Å². The number of rotatable bonds is 6. The van der Waals surface area contributed by atoms with Crippen molar-refractivity contribution in [2.75, 3.05) is 24.6 Å². The van der Waals surface area contributed by atoms with Crippen LogP contribution in [0.4, 0.5) is 9.18 Å². The molecule has 160 valence electrons. The van der Waals surface area contributed by atoms with Gasteiger partial charge in [0.25, 0.3) is 0 Å². The zero-order valence-corrected chi connectivity index (χ0v) is 17.2. The van der Waals surface area contributed by atoms with E-state index in [9.17, 15) is 22.4 Å². The molecule has 0 spiro atoms. The van der Waals surface area contributed by atoms with Gasteiger partial charge in [-0.05, 0) is 49.3 Å². The third kappa shape index (κ3) is 6.69. The molecule has 3 amide bonds. The lowest BCUT2D eigenvalue weighted by Crippen LogP contribution is -2.48. The zero-order chi connectivity index (χ0) is 20.9. The fraction of sp³-hybridized carbons (Fsp3) is 0.600. The Morgan fingerprint density at radius 3 is 2.41 bits per heavy atom. The summed E-state index contributed by atoms with van der Waals surface area (Å²) in [5.74, 6) is 0.235. The first-order chi connectivity index (χ1) is 13.8. The molecular formula is C20H28FN3O4S. The summed E-state index contributed by atoms with van der Waals surface area (Å²) in [6.45, 7) is 1.62. The number of nitrogens with zero attached hydrogens (tertiary/aromatic N) is 1. The average Bonchev–Trinajstić information content (AvgIpc) is 3.04. The predicted molar refractivity (Wildman–Crippen MR) is 107 cm³/mol. The van der Waals surface area contributed by atoms with Crippen LogP contribution >= 0.6 is 0 Å². The van der Waals surface area contributed by atoms with Gasteiger partial charge >= 0.3 is 6.03 Å². The van der Waals surface area contributed by atoms with Gasteiger partial charge in [0.2, 0.25) is 5.91 Å². The van der Waals surface area contributed by atoms with E-state index in [1.807, 2.05) is 0 Å². The number of sulfone groups is 1. The number of nitrogens with one attached hydrogen (secondary N) is 2. The summed E-state index contributed by atoms with van der Waals surface area (Å²) in [7, 11) is -3.01. The summed E-state index contributed by atoms with van der Waals surface area (Å²) in [4.78, 5) is 26.1. The summed E-state index contributed by atoms with van der Waals surface area (Å²) >= 11 is 0. The largest absolute Gasteiger partial charge is 0.352 e. The molecule has 1 atom stereocenters. The zero-order valence-electron chi connectivity index (χ0n) is 16.4. The lowest BCUT2D eigenvalue weighted by Gasteiger charge is -2.32. The van der Waals surface area contributed by atoms with Gasteiger partial charge < -0.3 is 15.5 Å². The highest BCUT2D eigenvalue weighted by Crippen LogP contribution is 2.22. The van der Waals surface area contributed by atoms with Crippen molar-refractivity contribution in [1.82, 2.24) is 15.5 Å². The van der Waals surface area contributed by atoms with Crippen LogP contribution in [-0.4, -0.2) is 55.9 Å². The summed E-state index contributed by atoms with van der Waals surface area (Å²) in [6.07, 6.45) is 3.35. The Morgan fingerprint density at radius 2 is 1.79 bits per heavy atom. The average molecular weight is 426 g/mol. The molecule has 2 heterocycles. The monoisotopic (exact) mass is 425 g/mol. The van der Waals surface area contributed by atoms with Crippen LogP contribution < -0.4 is 10.6 Å². The Balaban J connectivity index is 1.31. The lowest BCUT2D eigenvalue weighted by atomic mass is 9.92. The topological polar surface area (TPSA) is 95.6 Å². The maximum absolute atomic E-state index is 12.9. The van der Waals surface area contributed by atoms with Crippen molar-refractivity contribution < 1.29 is 22.4 Å². The van der Waals surface area contributed by atoms with Crippen molar-refractivity contribution in [3.05, 3.63) is 35.6 Å². The lowest BCUT2D eigenvalue weighted by molar-refractivity contribution is -0.121. The minimum absolute atomic E-state index is 0.0300. The highest BCUT2D eigenvalue weighted by molar-refractivity contribution is 7.91. The van der Waals surface area contributed by atoms with Gasteiger partial charge in [-0.25, -0.2) is 17.6 Å². The van der Waals surface area contributed by atoms with Gasteiger partial charge in [-0.15, -0.1) is 0 Å². The van der Waals surface area contributed by atoms with Crippen molar-refractivity contribution in [1.29, 1.82) is 0 Å². The molecule has 0 aliphatic carbocycles. The molecule has 3 rings (SSSR count). The van der Waals surface area contributed by atoms with Crippen LogP contribution in [0.15, 0.2) is 24.3 Å². The maximum atomic E-state index is 12.9. The molecule has 0 unspecified atom stereocenters. The SMILES string of the molecule is O=C(CCC1CCN(C(=O)N[C@@H]2CCS(=O)(=O)C2)CC1)NCc1ccc(F)cc1. The van der Waals surface area contributed by atoms with Gasteiger partial charge in [-0.1, -0.05) is 12.1 Å². The van der Waals surface area contributed by atoms with E-state index < -0.39 is 9.84 Å². The Bertz CT molecular complexity index is 821. The second-order valence-corrected chi connectivity index (χ2v) is 10.2. The third-order valence-corrected chi connectivity index (χ3v) is 7.41. The maximum Gasteiger partial charge on any atom is 0.317 e. The van der Waals surface area contributed by atoms with Crippen molar-refractivity contribution >= 4 is 21.8 Å². The molecule has 2 saturated heterocycles. The number of amides is 3. The second kappa shape index (κ2) is 9.56. The van der Waals surface area contributed by atoms with Gasteiger partial charge in [0.05, 0.1) is 11.5 Å². The Hall–Kier alpha value is -2.16. The second-order valence-electron chi connectivity index (χ2n) is 7.92. The Labute approximate surface area is 171 Å². The predicted octanol–water partition coefficient (Wildman–Crippen LogP) is 1.83. The highest BCUT2D eigenvalue weighted by Gasteiger charge is 2.31. The fourth-order valence-corrected chi connectivity index (χ4v) is 5.50. The van der Waals surface area contributed by atoms with E-state index in [-0.39, 0.29) is 35.3 Å². The molecule has 2 fully saturated rings. The third-order valence-electron chi connectivity index (χ3n) is 5.64. The number of halogens is 1. The van der Waals surface area contributed by atoms with Crippen molar-refractivity contribution in [3.8, 4) is 0 Å². The number of carbonyl (C=O) groups excluding carboxylic acids is 2. The highest BCUT2D eigenvalue weighted by atomic mass is 32.2. The van der Waals surface area contributed by atoms with Crippen LogP contribution in [0.1, 0.15) is 37.7 Å². The quantitative estimate of drug-likeness (QED) is 0.727. The number of hydrogen-bond acceptors (Lipinski definition) is 4. The normalized spacial score (nSPS) is 21.7. The number of piperidine rings is 1. The van der Waals surface area contributed by atoms with Gasteiger partial charge in [0, 0.05) is 32.1 Å². The van der Waals surface area contributed by atoms with Gasteiger partial charge in [-0.2, -0.15) is 0 Å². The number of hydrogen-bond donors (Lipinski definition) is 2. The van der Waals surface area contributed by atoms with Crippen LogP contribution in [-0.2, 0) is 21.2 Å². The number of urea groups is 1. The number of benzene rings is 1. The summed E-state index contributed by atoms with van der Waals surface area (Å²) < 4.78 is 35.9. The summed E-state index contributed by atoms with van der Waals surface area (Å²) in [5.41, 5.74) is 0.856. The molecule has 0 saturated carbocycles. The molecule has 0 aromatic heterocycles. The Morgan fingerprint density at radius 1 is 1.10 bits per heavy atom. The van der Waals surface area contributed by atoms with E-state index in [1.165, 1.54) is 12.1 Å². The fourth-order valence-electron chi connectivity index (χ4n) is 3.83. The van der Waals surface area contributed by atoms with E-state index in [2.05, 4.69) is 10.6 Å². The first-order valence-corrected chi connectivity index (χ1v) is 11.9. The molecule has 1 aromatic rings. The molecule has 1 aromatic carbocycles. The minimum atomic E-state index is -3.01. The van der Waals surface area contributed by atoms with Crippen LogP contribution in [0.3, 0.4) is 0 Å². The standard InChI is InChI=1S/C20H28FN3O4S/c21-17-4-1-16(2-5-17)13-22-19(25)6-3-15-7-10-24(11-8-15)20(26)23-18-9-12-29(27,28)14-18/h1-2,4-5,15,18H,3,6-14H2,(H,22,25)(H,23,26)/t18-/m1/s1. The van der Waals surface area contributed by atoms with E-state index in [1.54, 1.807) is 17.0 Å². The number of carbonyl (C=O) groups is 2. The van der Waals surface area contributed by atoms with Crippen LogP contribution in [0, 0.1) is 11.7 Å². The summed E-state index contributed by atoms with van der Waals surface area (Å²) in [5, 5.41) is 5.67. The molecule has 2 N–H and O–H groups in total. The van der Waals surface area contributed by atoms with Gasteiger partial charge in [0.1, 0.15) is 5.82 Å². The van der Waals surface area contributed by atoms with E-state index in [0.29, 0.717) is 38.4 Å². The first kappa shape index (κ1) is 21.5. The van der Waals surface area contributed by atoms with Crippen molar-refractivity contribution in [3.63, 3.8) is 0 Å². The molecule has 29 heavy (non-hydrogen) atoms. The molecule has 9 heteroatoms. The molecular weight excluding hydrogens is 397 g/mol. The molecule has 7 nitrogen and oxygen atoms in total. The van der Waals surface area contributed by atoms with E-state index >= 15 is 0 Å². The number of likely N-dealkylation sites (tertiary alicyclic amines) is 1. The molecule has 0 bridgehead atoms. The minimum Gasteiger partial charge on any atom is -0.352 e. The van der Waals surface area contributed by atoms with E-state index in [0.717, 1.165) is 24.8 Å².